The van der Waals surface area contributed by atoms with Crippen molar-refractivity contribution in [1.82, 2.24) is 5.32 Å². The van der Waals surface area contributed by atoms with Crippen LogP contribution >= 0.6 is 0 Å². The van der Waals surface area contributed by atoms with E-state index in [4.69, 9.17) is 5.11 Å². The van der Waals surface area contributed by atoms with E-state index in [-0.39, 0.29) is 6.54 Å². The fourth-order valence-corrected chi connectivity index (χ4v) is 0.891. The summed E-state index contributed by atoms with van der Waals surface area (Å²) in [5.74, 6) is -2.01. The number of carbonyl (C=O) groups excluding carboxylic acids is 1. The molecule has 0 aliphatic carbocycles. The van der Waals surface area contributed by atoms with Crippen molar-refractivity contribution in [3.63, 3.8) is 0 Å². The number of carboxylic acid groups (broad SMARTS) is 2. The molecule has 0 bridgehead atoms. The molecule has 0 radical (unpaired) electrons. The molecule has 0 aromatic heterocycles. The number of nitrogens with one attached hydrogen (secondary N) is 1. The van der Waals surface area contributed by atoms with E-state index in [0.717, 1.165) is 0 Å². The van der Waals surface area contributed by atoms with E-state index in [2.05, 4.69) is 17.6 Å². The van der Waals surface area contributed by atoms with Gasteiger partial charge in [-0.05, 0) is 13.8 Å². The van der Waals surface area contributed by atoms with Crippen molar-refractivity contribution in [3.05, 3.63) is 12.7 Å². The van der Waals surface area contributed by atoms with Gasteiger partial charge in [-0.1, -0.05) is 6.08 Å². The van der Waals surface area contributed by atoms with Gasteiger partial charge in [0.2, 0.25) is 0 Å². The number of rotatable bonds is 7. The lowest BCUT2D eigenvalue weighted by molar-refractivity contribution is -0.932. The Morgan fingerprint density at radius 1 is 1.47 bits per heavy atom. The molecule has 0 aliphatic heterocycles. The van der Waals surface area contributed by atoms with Gasteiger partial charge in [0.25, 0.3) is 0 Å². The molecule has 0 fully saturated rings. The van der Waals surface area contributed by atoms with Gasteiger partial charge in [-0.15, -0.1) is 6.58 Å². The maximum Gasteiger partial charge on any atom is 0.317 e. The van der Waals surface area contributed by atoms with Crippen LogP contribution in [0, 0.1) is 0 Å². The van der Waals surface area contributed by atoms with Gasteiger partial charge in [0.1, 0.15) is 18.2 Å². The lowest BCUT2D eigenvalue weighted by atomic mass is 10.0. The predicted octanol–water partition coefficient (Wildman–Crippen LogP) is -1.65. The van der Waals surface area contributed by atoms with Gasteiger partial charge in [0.15, 0.2) is 0 Å². The summed E-state index contributed by atoms with van der Waals surface area (Å²) in [5.41, 5.74) is 3.66. The second-order valence-electron chi connectivity index (χ2n) is 5.03. The van der Waals surface area contributed by atoms with Crippen molar-refractivity contribution in [3.8, 4) is 0 Å². The van der Waals surface area contributed by atoms with Gasteiger partial charge < -0.3 is 25.2 Å². The van der Waals surface area contributed by atoms with Gasteiger partial charge in [0.05, 0.1) is 20.6 Å². The van der Waals surface area contributed by atoms with Crippen molar-refractivity contribution >= 4 is 11.9 Å². The molecule has 112 valence electrons. The number of quaternary nitrogens is 1. The third-order valence-corrected chi connectivity index (χ3v) is 2.98. The summed E-state index contributed by atoms with van der Waals surface area (Å²) in [6.07, 6.45) is 1.74. The van der Waals surface area contributed by atoms with Gasteiger partial charge >= 0.3 is 5.97 Å². The maximum absolute atomic E-state index is 10.9. The number of hydrogen-bond donors (Lipinski definition) is 3. The molecule has 4 N–H and O–H groups in total. The number of nitrogens with zero attached hydrogens (tertiary/aromatic N) is 1. The van der Waals surface area contributed by atoms with Gasteiger partial charge in [-0.3, -0.25) is 10.1 Å². The van der Waals surface area contributed by atoms with Crippen LogP contribution in [0.3, 0.4) is 0 Å². The first-order valence-corrected chi connectivity index (χ1v) is 5.81. The average Bonchev–Trinajstić information content (AvgIpc) is 2.29. The Balaban J connectivity index is 0. The first-order chi connectivity index (χ1) is 8.52. The van der Waals surface area contributed by atoms with Gasteiger partial charge in [-0.25, -0.2) is 0 Å². The lowest BCUT2D eigenvalue weighted by Crippen LogP contribution is -2.66. The molecule has 0 aliphatic rings. The molecular weight excluding hydrogens is 250 g/mol. The van der Waals surface area contributed by atoms with E-state index in [1.807, 2.05) is 14.1 Å². The minimum atomic E-state index is -1.04. The maximum atomic E-state index is 10.9. The molecule has 0 spiro atoms. The van der Waals surface area contributed by atoms with Crippen molar-refractivity contribution < 1.29 is 24.3 Å². The smallest absolute Gasteiger partial charge is 0.317 e. The van der Waals surface area contributed by atoms with Crippen LogP contribution in [0.1, 0.15) is 13.8 Å². The molecule has 19 heavy (non-hydrogen) atoms. The van der Waals surface area contributed by atoms with Gasteiger partial charge in [0, 0.05) is 6.54 Å². The number of hydrogen-bond acceptors (Lipinski definition) is 5. The summed E-state index contributed by atoms with van der Waals surface area (Å²) < 4.78 is 0.323. The fourth-order valence-electron chi connectivity index (χ4n) is 0.891. The van der Waals surface area contributed by atoms with E-state index in [0.29, 0.717) is 17.7 Å². The van der Waals surface area contributed by atoms with Crippen LogP contribution in [0.15, 0.2) is 12.7 Å². The van der Waals surface area contributed by atoms with Crippen LogP contribution in [-0.4, -0.2) is 60.9 Å². The Hall–Kier alpha value is -1.44. The Morgan fingerprint density at radius 2 is 1.89 bits per heavy atom. The molecule has 0 saturated heterocycles. The van der Waals surface area contributed by atoms with E-state index in [9.17, 15) is 14.7 Å². The number of carbonyl (C=O) groups is 2. The highest BCUT2D eigenvalue weighted by Crippen LogP contribution is 2.17. The summed E-state index contributed by atoms with van der Waals surface area (Å²) in [4.78, 5) is 20.2. The van der Waals surface area contributed by atoms with Crippen molar-refractivity contribution in [2.75, 3.05) is 33.9 Å². The molecule has 0 aromatic rings. The highest BCUT2D eigenvalue weighted by atomic mass is 16.4. The van der Waals surface area contributed by atoms with Crippen LogP contribution < -0.4 is 16.2 Å². The molecule has 7 nitrogen and oxygen atoms in total. The number of nitrogens with two attached hydrogens (primary N) is 1. The Kier molecular flexibility index (Phi) is 9.03. The Bertz CT molecular complexity index is 314. The van der Waals surface area contributed by atoms with E-state index in [1.54, 1.807) is 19.9 Å². The van der Waals surface area contributed by atoms with Crippen LogP contribution in [0.2, 0.25) is 0 Å². The third kappa shape index (κ3) is 7.55. The Labute approximate surface area is 114 Å². The van der Waals surface area contributed by atoms with Crippen molar-refractivity contribution in [2.24, 2.45) is 5.73 Å². The minimum absolute atomic E-state index is 0.278. The first-order valence-electron chi connectivity index (χ1n) is 5.81. The second kappa shape index (κ2) is 8.63. The Morgan fingerprint density at radius 3 is 2.16 bits per heavy atom. The zero-order valence-electron chi connectivity index (χ0n) is 12.1. The summed E-state index contributed by atoms with van der Waals surface area (Å²) in [6, 6.07) is 0. The molecule has 0 amide bonds. The topological polar surface area (TPSA) is 115 Å². The van der Waals surface area contributed by atoms with Crippen LogP contribution in [0.4, 0.5) is 0 Å². The van der Waals surface area contributed by atoms with Crippen molar-refractivity contribution in [2.45, 2.75) is 19.4 Å². The van der Waals surface area contributed by atoms with Crippen LogP contribution in [0.5, 0.6) is 0 Å². The quantitative estimate of drug-likeness (QED) is 0.222. The summed E-state index contributed by atoms with van der Waals surface area (Å²) in [7, 11) is 3.71. The molecule has 0 saturated carbocycles. The molecule has 7 heteroatoms. The molecule has 0 atom stereocenters. The highest BCUT2D eigenvalue weighted by Gasteiger charge is 2.37. The highest BCUT2D eigenvalue weighted by molar-refractivity contribution is 5.73. The monoisotopic (exact) mass is 275 g/mol. The molecule has 0 aromatic carbocycles. The lowest BCUT2D eigenvalue weighted by Gasteiger charge is -2.44. The summed E-state index contributed by atoms with van der Waals surface area (Å²) in [6.45, 7) is 7.86. The van der Waals surface area contributed by atoms with E-state index < -0.39 is 17.5 Å². The van der Waals surface area contributed by atoms with Gasteiger partial charge in [-0.2, -0.15) is 0 Å². The molecule has 0 rings (SSSR count). The van der Waals surface area contributed by atoms with Crippen molar-refractivity contribution in [1.29, 1.82) is 0 Å². The molecule has 0 unspecified atom stereocenters. The summed E-state index contributed by atoms with van der Waals surface area (Å²) >= 11 is 0. The van der Waals surface area contributed by atoms with Crippen LogP contribution in [-0.2, 0) is 9.59 Å². The second-order valence-corrected chi connectivity index (χ2v) is 5.03. The molecular formula is C12H25N3O4. The predicted molar refractivity (Wildman–Crippen MR) is 71.0 cm³/mol. The summed E-state index contributed by atoms with van der Waals surface area (Å²) in [5, 5.41) is 21.6. The van der Waals surface area contributed by atoms with E-state index in [1.165, 1.54) is 0 Å². The minimum Gasteiger partial charge on any atom is -0.544 e. The number of likely N-dealkylation sites (N-methyl/N-ethyl adjacent to an activating group) is 1. The largest absolute Gasteiger partial charge is 0.544 e. The SMILES string of the molecule is C=CCNC[N+](C)(C)C(C)(C)C(=O)[O-].NCC(=O)O. The fraction of sp³-hybridized carbons (Fsp3) is 0.667. The first kappa shape index (κ1) is 19.9. The average molecular weight is 275 g/mol. The third-order valence-electron chi connectivity index (χ3n) is 2.98. The standard InChI is InChI=1S/C10H20N2O2.C2H5NO2/c1-6-7-11-8-12(4,5)10(2,3)9(13)14;3-1-2(4)5/h6,11H,1,7-8H2,2-5H3;1,3H2,(H,4,5). The number of carboxylic acids is 2. The number of aliphatic carboxylic acids is 2. The van der Waals surface area contributed by atoms with E-state index >= 15 is 0 Å². The zero-order valence-corrected chi connectivity index (χ0v) is 12.1. The molecule has 0 heterocycles. The van der Waals surface area contributed by atoms with Crippen LogP contribution in [0.25, 0.3) is 0 Å². The normalized spacial score (nSPS) is 11.2. The zero-order chi connectivity index (χ0) is 15.7.